The van der Waals surface area contributed by atoms with Crippen molar-refractivity contribution in [3.63, 3.8) is 0 Å². The molecule has 0 atom stereocenters. The summed E-state index contributed by atoms with van der Waals surface area (Å²) in [6.45, 7) is 6.61. The molecule has 1 amide bonds. The molecule has 2 N–H and O–H groups in total. The second kappa shape index (κ2) is 10.0. The van der Waals surface area contributed by atoms with Crippen molar-refractivity contribution in [2.24, 2.45) is 0 Å². The number of rotatable bonds is 8. The van der Waals surface area contributed by atoms with E-state index in [-0.39, 0.29) is 5.91 Å². The maximum Gasteiger partial charge on any atom is 0.240 e. The number of ether oxygens (including phenoxy) is 2. The van der Waals surface area contributed by atoms with Crippen LogP contribution in [0.4, 0.5) is 5.13 Å². The van der Waals surface area contributed by atoms with Crippen LogP contribution in [0.2, 0.25) is 0 Å². The van der Waals surface area contributed by atoms with Crippen molar-refractivity contribution in [2.45, 2.75) is 38.8 Å². The van der Waals surface area contributed by atoms with Gasteiger partial charge in [-0.3, -0.25) is 9.69 Å². The number of likely N-dealkylation sites (tertiary alicyclic amines) is 1. The lowest BCUT2D eigenvalue weighted by Gasteiger charge is -2.32. The number of carbonyl (C=O) groups is 1. The molecule has 0 bridgehead atoms. The van der Waals surface area contributed by atoms with E-state index in [9.17, 15) is 4.79 Å². The van der Waals surface area contributed by atoms with Gasteiger partial charge in [0.2, 0.25) is 5.91 Å². The number of carbonyl (C=O) groups excluding carboxylic acids is 1. The number of thiazole rings is 1. The van der Waals surface area contributed by atoms with Gasteiger partial charge in [0.25, 0.3) is 0 Å². The van der Waals surface area contributed by atoms with E-state index in [1.807, 2.05) is 23.6 Å². The van der Waals surface area contributed by atoms with E-state index in [4.69, 9.17) is 9.47 Å². The van der Waals surface area contributed by atoms with Crippen LogP contribution in [0.25, 0.3) is 11.3 Å². The van der Waals surface area contributed by atoms with E-state index in [0.717, 1.165) is 42.9 Å². The second-order valence-corrected chi connectivity index (χ2v) is 8.38. The molecule has 158 valence electrons. The van der Waals surface area contributed by atoms with Gasteiger partial charge in [-0.05, 0) is 25.0 Å². The van der Waals surface area contributed by atoms with Crippen LogP contribution >= 0.6 is 11.3 Å². The van der Waals surface area contributed by atoms with Gasteiger partial charge in [-0.15, -0.1) is 11.3 Å². The summed E-state index contributed by atoms with van der Waals surface area (Å²) in [4.78, 5) is 19.2. The van der Waals surface area contributed by atoms with Crippen molar-refractivity contribution in [1.29, 1.82) is 0 Å². The van der Waals surface area contributed by atoms with Crippen LogP contribution in [0.15, 0.2) is 23.6 Å². The van der Waals surface area contributed by atoms with E-state index >= 15 is 0 Å². The molecular formula is C21H30N4O3S. The number of nitrogens with zero attached hydrogens (tertiary/aromatic N) is 2. The standard InChI is InChI=1S/C21H30N4O3S/c1-14(2)22-15-7-9-25(10-8-15)12-20(26)24-21-23-18(13-29-21)17-6-5-16(27-3)11-19(17)28-4/h5-6,11,13-15,22H,7-10,12H2,1-4H3,(H,23,24,26). The zero-order chi connectivity index (χ0) is 20.8. The molecule has 1 aliphatic heterocycles. The van der Waals surface area contributed by atoms with Crippen LogP contribution < -0.4 is 20.1 Å². The molecule has 7 nitrogen and oxygen atoms in total. The normalized spacial score (nSPS) is 15.5. The summed E-state index contributed by atoms with van der Waals surface area (Å²) in [5.41, 5.74) is 1.63. The highest BCUT2D eigenvalue weighted by atomic mass is 32.1. The monoisotopic (exact) mass is 418 g/mol. The molecule has 0 radical (unpaired) electrons. The van der Waals surface area contributed by atoms with Crippen molar-refractivity contribution in [3.05, 3.63) is 23.6 Å². The zero-order valence-corrected chi connectivity index (χ0v) is 18.3. The van der Waals surface area contributed by atoms with Gasteiger partial charge >= 0.3 is 0 Å². The van der Waals surface area contributed by atoms with E-state index < -0.39 is 0 Å². The minimum Gasteiger partial charge on any atom is -0.497 e. The Bertz CT molecular complexity index is 816. The molecule has 2 aromatic rings. The van der Waals surface area contributed by atoms with Gasteiger partial charge in [-0.1, -0.05) is 13.8 Å². The first-order valence-electron chi connectivity index (χ1n) is 9.94. The second-order valence-electron chi connectivity index (χ2n) is 7.52. The molecule has 0 unspecified atom stereocenters. The molecule has 1 fully saturated rings. The van der Waals surface area contributed by atoms with Crippen LogP contribution in [0.3, 0.4) is 0 Å². The number of benzene rings is 1. The Labute approximate surface area is 176 Å². The molecule has 2 heterocycles. The number of hydrogen-bond donors (Lipinski definition) is 2. The van der Waals surface area contributed by atoms with Crippen LogP contribution in [-0.4, -0.2) is 61.7 Å². The summed E-state index contributed by atoms with van der Waals surface area (Å²) in [6.07, 6.45) is 2.15. The maximum absolute atomic E-state index is 12.4. The van der Waals surface area contributed by atoms with Gasteiger partial charge in [0.15, 0.2) is 5.13 Å². The maximum atomic E-state index is 12.4. The average molecular weight is 419 g/mol. The Morgan fingerprint density at radius 3 is 2.69 bits per heavy atom. The van der Waals surface area contributed by atoms with Crippen LogP contribution in [0.5, 0.6) is 11.5 Å². The van der Waals surface area contributed by atoms with Crippen molar-refractivity contribution >= 4 is 22.4 Å². The molecule has 1 saturated heterocycles. The quantitative estimate of drug-likeness (QED) is 0.686. The molecule has 3 rings (SSSR count). The average Bonchev–Trinajstić information content (AvgIpc) is 3.16. The molecule has 0 spiro atoms. The number of anilines is 1. The summed E-state index contributed by atoms with van der Waals surface area (Å²) in [5, 5.41) is 9.02. The molecular weight excluding hydrogens is 388 g/mol. The number of amides is 1. The van der Waals surface area contributed by atoms with E-state index in [1.54, 1.807) is 14.2 Å². The predicted octanol–water partition coefficient (Wildman–Crippen LogP) is 3.23. The van der Waals surface area contributed by atoms with Gasteiger partial charge in [0.1, 0.15) is 11.5 Å². The first-order valence-corrected chi connectivity index (χ1v) is 10.8. The highest BCUT2D eigenvalue weighted by molar-refractivity contribution is 7.14. The summed E-state index contributed by atoms with van der Waals surface area (Å²) in [6, 6.07) is 6.65. The van der Waals surface area contributed by atoms with Gasteiger partial charge < -0.3 is 20.1 Å². The lowest BCUT2D eigenvalue weighted by molar-refractivity contribution is -0.117. The molecule has 1 aromatic carbocycles. The number of methoxy groups -OCH3 is 2. The van der Waals surface area contributed by atoms with E-state index in [2.05, 4.69) is 34.4 Å². The van der Waals surface area contributed by atoms with Crippen molar-refractivity contribution in [3.8, 4) is 22.8 Å². The molecule has 1 aromatic heterocycles. The van der Waals surface area contributed by atoms with E-state index in [1.165, 1.54) is 11.3 Å². The Hall–Kier alpha value is -2.16. The highest BCUT2D eigenvalue weighted by Crippen LogP contribution is 2.34. The van der Waals surface area contributed by atoms with Crippen LogP contribution in [-0.2, 0) is 4.79 Å². The summed E-state index contributed by atoms with van der Waals surface area (Å²) >= 11 is 1.41. The summed E-state index contributed by atoms with van der Waals surface area (Å²) < 4.78 is 10.7. The largest absolute Gasteiger partial charge is 0.497 e. The Kier molecular flexibility index (Phi) is 7.46. The fourth-order valence-corrected chi connectivity index (χ4v) is 4.28. The first-order chi connectivity index (χ1) is 14.0. The number of piperidine rings is 1. The predicted molar refractivity (Wildman–Crippen MR) is 117 cm³/mol. The fraction of sp³-hybridized carbons (Fsp3) is 0.524. The van der Waals surface area contributed by atoms with Crippen LogP contribution in [0.1, 0.15) is 26.7 Å². The Morgan fingerprint density at radius 2 is 2.03 bits per heavy atom. The van der Waals surface area contributed by atoms with E-state index in [0.29, 0.717) is 29.5 Å². The number of nitrogens with one attached hydrogen (secondary N) is 2. The highest BCUT2D eigenvalue weighted by Gasteiger charge is 2.21. The lowest BCUT2D eigenvalue weighted by atomic mass is 10.0. The smallest absolute Gasteiger partial charge is 0.240 e. The number of aromatic nitrogens is 1. The summed E-state index contributed by atoms with van der Waals surface area (Å²) in [5.74, 6) is 1.38. The van der Waals surface area contributed by atoms with Crippen LogP contribution in [0, 0.1) is 0 Å². The molecule has 1 aliphatic rings. The fourth-order valence-electron chi connectivity index (χ4n) is 3.56. The topological polar surface area (TPSA) is 75.7 Å². The molecule has 0 saturated carbocycles. The molecule has 0 aliphatic carbocycles. The zero-order valence-electron chi connectivity index (χ0n) is 17.5. The Balaban J connectivity index is 1.55. The third-order valence-electron chi connectivity index (χ3n) is 4.96. The van der Waals surface area contributed by atoms with Gasteiger partial charge in [0, 0.05) is 42.2 Å². The minimum absolute atomic E-state index is 0.0251. The number of hydrogen-bond acceptors (Lipinski definition) is 7. The van der Waals surface area contributed by atoms with Crippen molar-refractivity contribution in [1.82, 2.24) is 15.2 Å². The summed E-state index contributed by atoms with van der Waals surface area (Å²) in [7, 11) is 3.24. The van der Waals surface area contributed by atoms with Gasteiger partial charge in [-0.25, -0.2) is 4.98 Å². The van der Waals surface area contributed by atoms with Crippen molar-refractivity contribution < 1.29 is 14.3 Å². The van der Waals surface area contributed by atoms with Gasteiger partial charge in [-0.2, -0.15) is 0 Å². The lowest BCUT2D eigenvalue weighted by Crippen LogP contribution is -2.46. The SMILES string of the molecule is COc1ccc(-c2csc(NC(=O)CN3CCC(NC(C)C)CC3)n2)c(OC)c1. The third kappa shape index (κ3) is 5.91. The molecule has 29 heavy (non-hydrogen) atoms. The van der Waals surface area contributed by atoms with Crippen molar-refractivity contribution in [2.75, 3.05) is 39.2 Å². The minimum atomic E-state index is -0.0251. The Morgan fingerprint density at radius 1 is 1.28 bits per heavy atom. The van der Waals surface area contributed by atoms with Gasteiger partial charge in [0.05, 0.1) is 26.5 Å². The first kappa shape index (κ1) is 21.5. The molecule has 8 heteroatoms. The third-order valence-corrected chi connectivity index (χ3v) is 5.72.